The minimum absolute atomic E-state index is 0.189. The monoisotopic (exact) mass is 275 g/mol. The Labute approximate surface area is 116 Å². The second-order valence-electron chi connectivity index (χ2n) is 4.13. The minimum atomic E-state index is -0.189. The first kappa shape index (κ1) is 13.9. The van der Waals surface area contributed by atoms with Crippen LogP contribution in [0.25, 0.3) is 0 Å². The predicted molar refractivity (Wildman–Crippen MR) is 73.1 cm³/mol. The van der Waals surface area contributed by atoms with Crippen LogP contribution in [0, 0.1) is 0 Å². The number of amides is 1. The molecule has 0 unspecified atom stereocenters. The van der Waals surface area contributed by atoms with Gasteiger partial charge in [0, 0.05) is 17.8 Å². The lowest BCUT2D eigenvalue weighted by Gasteiger charge is -2.08. The maximum atomic E-state index is 12.1. The molecule has 0 saturated heterocycles. The van der Waals surface area contributed by atoms with Gasteiger partial charge in [-0.15, -0.1) is 10.2 Å². The highest BCUT2D eigenvalue weighted by Crippen LogP contribution is 2.11. The Balaban J connectivity index is 2.09. The molecule has 0 radical (unpaired) electrons. The molecule has 1 amide bonds. The molecule has 0 spiro atoms. The molecule has 20 heavy (non-hydrogen) atoms. The molecule has 0 aliphatic rings. The number of H-pyrrole nitrogens is 1. The van der Waals surface area contributed by atoms with Gasteiger partial charge in [-0.3, -0.25) is 4.79 Å². The van der Waals surface area contributed by atoms with Crippen molar-refractivity contribution in [1.82, 2.24) is 30.9 Å². The van der Waals surface area contributed by atoms with E-state index in [9.17, 15) is 4.79 Å². The number of aryl methyl sites for hydroxylation is 1. The number of tetrazole rings is 1. The fraction of sp³-hybridized carbons (Fsp3) is 0.417. The van der Waals surface area contributed by atoms with E-state index in [-0.39, 0.29) is 12.5 Å². The zero-order chi connectivity index (χ0) is 14.4. The van der Waals surface area contributed by atoms with Crippen molar-refractivity contribution >= 4 is 11.7 Å². The van der Waals surface area contributed by atoms with Gasteiger partial charge >= 0.3 is 0 Å². The highest BCUT2D eigenvalue weighted by Gasteiger charge is 2.10. The highest BCUT2D eigenvalue weighted by molar-refractivity contribution is 5.94. The van der Waals surface area contributed by atoms with Crippen molar-refractivity contribution in [3.8, 4) is 0 Å². The van der Waals surface area contributed by atoms with Gasteiger partial charge in [-0.1, -0.05) is 12.1 Å². The number of hydrogen-bond donors (Lipinski definition) is 3. The number of pyridine rings is 1. The fourth-order valence-corrected chi connectivity index (χ4v) is 1.69. The maximum Gasteiger partial charge on any atom is 0.251 e. The first-order valence-electron chi connectivity index (χ1n) is 6.48. The van der Waals surface area contributed by atoms with Crippen LogP contribution in [-0.2, 0) is 13.0 Å². The van der Waals surface area contributed by atoms with E-state index in [2.05, 4.69) is 36.2 Å². The molecule has 0 aliphatic carbocycles. The summed E-state index contributed by atoms with van der Waals surface area (Å²) >= 11 is 0. The number of aromatic nitrogens is 5. The van der Waals surface area contributed by atoms with Gasteiger partial charge in [0.1, 0.15) is 5.82 Å². The van der Waals surface area contributed by atoms with Crippen LogP contribution in [0.2, 0.25) is 0 Å². The van der Waals surface area contributed by atoms with Crippen molar-refractivity contribution in [2.75, 3.05) is 11.9 Å². The summed E-state index contributed by atoms with van der Waals surface area (Å²) in [5, 5.41) is 19.2. The lowest BCUT2D eigenvalue weighted by Crippen LogP contribution is -2.24. The van der Waals surface area contributed by atoms with E-state index in [0.29, 0.717) is 17.2 Å². The van der Waals surface area contributed by atoms with E-state index in [0.717, 1.165) is 18.7 Å². The fourth-order valence-electron chi connectivity index (χ4n) is 1.69. The van der Waals surface area contributed by atoms with E-state index < -0.39 is 0 Å². The molecule has 3 N–H and O–H groups in total. The molecule has 2 rings (SSSR count). The normalized spacial score (nSPS) is 10.3. The van der Waals surface area contributed by atoms with Crippen LogP contribution >= 0.6 is 0 Å². The van der Waals surface area contributed by atoms with Gasteiger partial charge in [-0.25, -0.2) is 4.98 Å². The van der Waals surface area contributed by atoms with E-state index in [1.807, 2.05) is 13.8 Å². The summed E-state index contributed by atoms with van der Waals surface area (Å²) in [7, 11) is 0. The zero-order valence-corrected chi connectivity index (χ0v) is 11.5. The third-order valence-corrected chi connectivity index (χ3v) is 2.66. The number of rotatable bonds is 6. The largest absolute Gasteiger partial charge is 0.370 e. The molecule has 2 heterocycles. The Hall–Kier alpha value is -2.51. The lowest BCUT2D eigenvalue weighted by molar-refractivity contribution is 0.0949. The SMILES string of the molecule is CCNc1cc(C(=O)NCc2nn[nH]n2)cc(CC)n1. The Bertz CT molecular complexity index is 567. The van der Waals surface area contributed by atoms with E-state index in [1.54, 1.807) is 12.1 Å². The van der Waals surface area contributed by atoms with Crippen LogP contribution in [0.1, 0.15) is 35.7 Å². The number of aromatic amines is 1. The van der Waals surface area contributed by atoms with Crippen molar-refractivity contribution in [1.29, 1.82) is 0 Å². The number of carbonyl (C=O) groups excluding carboxylic acids is 1. The summed E-state index contributed by atoms with van der Waals surface area (Å²) in [6.07, 6.45) is 0.768. The average molecular weight is 275 g/mol. The molecule has 0 fully saturated rings. The summed E-state index contributed by atoms with van der Waals surface area (Å²) in [5.74, 6) is 0.956. The van der Waals surface area contributed by atoms with Gasteiger partial charge in [-0.05, 0) is 25.5 Å². The summed E-state index contributed by atoms with van der Waals surface area (Å²) in [6, 6.07) is 3.51. The first-order chi connectivity index (χ1) is 9.72. The Morgan fingerprint density at radius 2 is 2.20 bits per heavy atom. The molecule has 0 saturated carbocycles. The number of nitrogens with zero attached hydrogens (tertiary/aromatic N) is 4. The van der Waals surface area contributed by atoms with Crippen LogP contribution in [0.3, 0.4) is 0 Å². The second-order valence-corrected chi connectivity index (χ2v) is 4.13. The molecular formula is C12H17N7O. The van der Waals surface area contributed by atoms with Crippen molar-refractivity contribution in [2.45, 2.75) is 26.8 Å². The molecule has 106 valence electrons. The van der Waals surface area contributed by atoms with E-state index >= 15 is 0 Å². The molecule has 8 nitrogen and oxygen atoms in total. The number of carbonyl (C=O) groups is 1. The Kier molecular flexibility index (Phi) is 4.59. The molecule has 2 aromatic rings. The van der Waals surface area contributed by atoms with E-state index in [1.165, 1.54) is 0 Å². The van der Waals surface area contributed by atoms with Crippen LogP contribution in [0.15, 0.2) is 12.1 Å². The van der Waals surface area contributed by atoms with Gasteiger partial charge in [-0.2, -0.15) is 5.21 Å². The standard InChI is InChI=1S/C12H17N7O/c1-3-9-5-8(6-10(15-9)13-4-2)12(20)14-7-11-16-18-19-17-11/h5-6H,3-4,7H2,1-2H3,(H,13,15)(H,14,20)(H,16,17,18,19). The highest BCUT2D eigenvalue weighted by atomic mass is 16.1. The van der Waals surface area contributed by atoms with Crippen molar-refractivity contribution in [3.05, 3.63) is 29.2 Å². The molecule has 8 heteroatoms. The van der Waals surface area contributed by atoms with Crippen LogP contribution < -0.4 is 10.6 Å². The summed E-state index contributed by atoms with van der Waals surface area (Å²) in [5.41, 5.74) is 1.43. The third kappa shape index (κ3) is 3.50. The van der Waals surface area contributed by atoms with Gasteiger partial charge < -0.3 is 10.6 Å². The minimum Gasteiger partial charge on any atom is -0.370 e. The van der Waals surface area contributed by atoms with Crippen molar-refractivity contribution in [2.24, 2.45) is 0 Å². The molecule has 0 aliphatic heterocycles. The van der Waals surface area contributed by atoms with Gasteiger partial charge in [0.15, 0.2) is 5.82 Å². The number of anilines is 1. The number of nitrogens with one attached hydrogen (secondary N) is 3. The zero-order valence-electron chi connectivity index (χ0n) is 11.5. The molecule has 0 bridgehead atoms. The summed E-state index contributed by atoms with van der Waals surface area (Å²) in [4.78, 5) is 16.5. The van der Waals surface area contributed by atoms with Gasteiger partial charge in [0.2, 0.25) is 0 Å². The maximum absolute atomic E-state index is 12.1. The Morgan fingerprint density at radius 3 is 2.85 bits per heavy atom. The van der Waals surface area contributed by atoms with Crippen LogP contribution in [0.4, 0.5) is 5.82 Å². The van der Waals surface area contributed by atoms with Crippen molar-refractivity contribution < 1.29 is 4.79 Å². The van der Waals surface area contributed by atoms with Crippen LogP contribution in [-0.4, -0.2) is 38.1 Å². The third-order valence-electron chi connectivity index (χ3n) is 2.66. The van der Waals surface area contributed by atoms with Crippen LogP contribution in [0.5, 0.6) is 0 Å². The quantitative estimate of drug-likeness (QED) is 0.709. The second kappa shape index (κ2) is 6.60. The molecule has 0 atom stereocenters. The molecule has 2 aromatic heterocycles. The van der Waals surface area contributed by atoms with Gasteiger partial charge in [0.25, 0.3) is 5.91 Å². The topological polar surface area (TPSA) is 108 Å². The summed E-state index contributed by atoms with van der Waals surface area (Å²) in [6.45, 7) is 4.97. The predicted octanol–water partition coefficient (Wildman–Crippen LogP) is 0.519. The van der Waals surface area contributed by atoms with Gasteiger partial charge in [0.05, 0.1) is 6.54 Å². The molecule has 0 aromatic carbocycles. The smallest absolute Gasteiger partial charge is 0.251 e. The van der Waals surface area contributed by atoms with E-state index in [4.69, 9.17) is 0 Å². The average Bonchev–Trinajstić information content (AvgIpc) is 2.98. The number of hydrogen-bond acceptors (Lipinski definition) is 6. The van der Waals surface area contributed by atoms with Crippen molar-refractivity contribution in [3.63, 3.8) is 0 Å². The molecular weight excluding hydrogens is 258 g/mol. The first-order valence-corrected chi connectivity index (χ1v) is 6.48. The lowest BCUT2D eigenvalue weighted by atomic mass is 10.2. The Morgan fingerprint density at radius 1 is 1.35 bits per heavy atom. The summed E-state index contributed by atoms with van der Waals surface area (Å²) < 4.78 is 0.